The number of anilines is 1. The van der Waals surface area contributed by atoms with Crippen molar-refractivity contribution >= 4 is 30.0 Å². The highest BCUT2D eigenvalue weighted by molar-refractivity contribution is 5.97. The number of carboxylic acids is 1. The van der Waals surface area contributed by atoms with Gasteiger partial charge in [0.25, 0.3) is 0 Å². The second-order valence-corrected chi connectivity index (χ2v) is 6.27. The lowest BCUT2D eigenvalue weighted by Gasteiger charge is -2.34. The largest absolute Gasteiger partial charge is 0.480 e. The molecule has 1 saturated heterocycles. The Bertz CT molecular complexity index is 593. The molecule has 0 bridgehead atoms. The third-order valence-electron chi connectivity index (χ3n) is 4.71. The molecule has 5 nitrogen and oxygen atoms in total. The third-order valence-corrected chi connectivity index (χ3v) is 4.71. The molecular formula is C17H23ClN2O3. The maximum absolute atomic E-state index is 12.7. The van der Waals surface area contributed by atoms with Gasteiger partial charge in [0.05, 0.1) is 6.54 Å². The quantitative estimate of drug-likeness (QED) is 0.918. The van der Waals surface area contributed by atoms with E-state index in [2.05, 4.69) is 6.07 Å². The van der Waals surface area contributed by atoms with Gasteiger partial charge >= 0.3 is 5.97 Å². The molecule has 0 radical (unpaired) electrons. The maximum atomic E-state index is 12.7. The van der Waals surface area contributed by atoms with Gasteiger partial charge in [0, 0.05) is 11.7 Å². The minimum atomic E-state index is -0.817. The number of para-hydroxylation sites is 1. The van der Waals surface area contributed by atoms with E-state index in [0.29, 0.717) is 13.0 Å². The van der Waals surface area contributed by atoms with Crippen LogP contribution in [-0.2, 0) is 16.0 Å². The zero-order valence-corrected chi connectivity index (χ0v) is 14.1. The standard InChI is InChI=1S/C17H22N2O3.ClH/c1-12-10-13-6-2-3-7-14(13)19(12)16(20)11-18-9-5-4-8-15(18)17(21)22;/h2-3,6-7,12,15H,4-5,8-11H2,1H3,(H,21,22);1H. The van der Waals surface area contributed by atoms with Crippen molar-refractivity contribution in [1.29, 1.82) is 0 Å². The summed E-state index contributed by atoms with van der Waals surface area (Å²) in [6.07, 6.45) is 3.38. The van der Waals surface area contributed by atoms with Crippen molar-refractivity contribution in [2.24, 2.45) is 0 Å². The van der Waals surface area contributed by atoms with E-state index in [0.717, 1.165) is 24.9 Å². The number of fused-ring (bicyclic) bond motifs is 1. The van der Waals surface area contributed by atoms with Gasteiger partial charge in [-0.3, -0.25) is 14.5 Å². The lowest BCUT2D eigenvalue weighted by Crippen LogP contribution is -2.50. The Kier molecular flexibility index (Phi) is 5.65. The van der Waals surface area contributed by atoms with Crippen LogP contribution >= 0.6 is 12.4 Å². The van der Waals surface area contributed by atoms with E-state index in [4.69, 9.17) is 0 Å². The van der Waals surface area contributed by atoms with Gasteiger partial charge in [-0.25, -0.2) is 0 Å². The predicted molar refractivity (Wildman–Crippen MR) is 91.2 cm³/mol. The molecule has 2 aliphatic rings. The number of rotatable bonds is 3. The Labute approximate surface area is 142 Å². The Morgan fingerprint density at radius 2 is 2.00 bits per heavy atom. The highest BCUT2D eigenvalue weighted by Gasteiger charge is 2.35. The van der Waals surface area contributed by atoms with Gasteiger partial charge in [-0.2, -0.15) is 0 Å². The highest BCUT2D eigenvalue weighted by atomic mass is 35.5. The summed E-state index contributed by atoms with van der Waals surface area (Å²) in [4.78, 5) is 27.8. The molecule has 1 amide bonds. The van der Waals surface area contributed by atoms with E-state index >= 15 is 0 Å². The second kappa shape index (κ2) is 7.32. The molecule has 0 aromatic heterocycles. The first kappa shape index (κ1) is 17.8. The molecule has 2 aliphatic heterocycles. The maximum Gasteiger partial charge on any atom is 0.320 e. The first-order chi connectivity index (χ1) is 10.6. The van der Waals surface area contributed by atoms with Gasteiger partial charge < -0.3 is 10.0 Å². The average molecular weight is 339 g/mol. The number of likely N-dealkylation sites (tertiary alicyclic amines) is 1. The summed E-state index contributed by atoms with van der Waals surface area (Å²) in [5.74, 6) is -0.812. The molecule has 1 aromatic rings. The minimum Gasteiger partial charge on any atom is -0.480 e. The molecule has 23 heavy (non-hydrogen) atoms. The van der Waals surface area contributed by atoms with Crippen LogP contribution in [0.3, 0.4) is 0 Å². The molecule has 0 saturated carbocycles. The molecule has 1 N–H and O–H groups in total. The average Bonchev–Trinajstić information content (AvgIpc) is 2.83. The second-order valence-electron chi connectivity index (χ2n) is 6.27. The number of amides is 1. The van der Waals surface area contributed by atoms with E-state index in [1.54, 1.807) is 0 Å². The summed E-state index contributed by atoms with van der Waals surface area (Å²) in [6, 6.07) is 7.58. The minimum absolute atomic E-state index is 0. The summed E-state index contributed by atoms with van der Waals surface area (Å²) in [6.45, 7) is 2.92. The number of carbonyl (C=O) groups is 2. The fourth-order valence-electron chi connectivity index (χ4n) is 3.66. The van der Waals surface area contributed by atoms with Crippen LogP contribution < -0.4 is 4.90 Å². The van der Waals surface area contributed by atoms with Crippen LogP contribution in [0.5, 0.6) is 0 Å². The molecular weight excluding hydrogens is 316 g/mol. The first-order valence-electron chi connectivity index (χ1n) is 7.94. The van der Waals surface area contributed by atoms with E-state index in [9.17, 15) is 14.7 Å². The van der Waals surface area contributed by atoms with Crippen LogP contribution in [-0.4, -0.2) is 47.1 Å². The zero-order chi connectivity index (χ0) is 15.7. The molecule has 2 atom stereocenters. The normalized spacial score (nSPS) is 24.0. The Balaban J connectivity index is 0.00000192. The summed E-state index contributed by atoms with van der Waals surface area (Å²) >= 11 is 0. The third kappa shape index (κ3) is 3.51. The number of piperidine rings is 1. The number of hydrogen-bond acceptors (Lipinski definition) is 3. The number of aliphatic carboxylic acids is 1. The van der Waals surface area contributed by atoms with Gasteiger partial charge in [0.2, 0.25) is 5.91 Å². The number of hydrogen-bond donors (Lipinski definition) is 1. The number of benzene rings is 1. The van der Waals surface area contributed by atoms with Crippen LogP contribution in [0.4, 0.5) is 5.69 Å². The predicted octanol–water partition coefficient (Wildman–Crippen LogP) is 2.33. The Hall–Kier alpha value is -1.59. The van der Waals surface area contributed by atoms with Crippen molar-refractivity contribution in [3.63, 3.8) is 0 Å². The lowest BCUT2D eigenvalue weighted by molar-refractivity contribution is -0.145. The summed E-state index contributed by atoms with van der Waals surface area (Å²) in [7, 11) is 0. The Morgan fingerprint density at radius 1 is 1.26 bits per heavy atom. The van der Waals surface area contributed by atoms with Crippen LogP contribution in [0.2, 0.25) is 0 Å². The summed E-state index contributed by atoms with van der Waals surface area (Å²) in [5, 5.41) is 9.33. The molecule has 6 heteroatoms. The summed E-state index contributed by atoms with van der Waals surface area (Å²) < 4.78 is 0. The molecule has 0 spiro atoms. The number of halogens is 1. The van der Waals surface area contributed by atoms with Gasteiger partial charge in [-0.05, 0) is 44.4 Å². The fraction of sp³-hybridized carbons (Fsp3) is 0.529. The molecule has 1 fully saturated rings. The molecule has 2 heterocycles. The highest BCUT2D eigenvalue weighted by Crippen LogP contribution is 2.32. The molecule has 0 aliphatic carbocycles. The van der Waals surface area contributed by atoms with Crippen molar-refractivity contribution < 1.29 is 14.7 Å². The summed E-state index contributed by atoms with van der Waals surface area (Å²) in [5.41, 5.74) is 2.17. The van der Waals surface area contributed by atoms with Crippen LogP contribution in [0, 0.1) is 0 Å². The molecule has 126 valence electrons. The van der Waals surface area contributed by atoms with Crippen molar-refractivity contribution in [3.8, 4) is 0 Å². The van der Waals surface area contributed by atoms with Crippen molar-refractivity contribution in [1.82, 2.24) is 4.90 Å². The number of carbonyl (C=O) groups excluding carboxylic acids is 1. The molecule has 3 rings (SSSR count). The monoisotopic (exact) mass is 338 g/mol. The van der Waals surface area contributed by atoms with E-state index in [1.165, 1.54) is 5.56 Å². The number of nitrogens with zero attached hydrogens (tertiary/aromatic N) is 2. The van der Waals surface area contributed by atoms with Crippen LogP contribution in [0.1, 0.15) is 31.7 Å². The first-order valence-corrected chi connectivity index (χ1v) is 7.94. The van der Waals surface area contributed by atoms with Gasteiger partial charge in [0.15, 0.2) is 0 Å². The van der Waals surface area contributed by atoms with Crippen LogP contribution in [0.15, 0.2) is 24.3 Å². The van der Waals surface area contributed by atoms with E-state index in [-0.39, 0.29) is 30.9 Å². The fourth-order valence-corrected chi connectivity index (χ4v) is 3.66. The number of carboxylic acid groups (broad SMARTS) is 1. The SMILES string of the molecule is CC1Cc2ccccc2N1C(=O)CN1CCCCC1C(=O)O.Cl. The van der Waals surface area contributed by atoms with Crippen molar-refractivity contribution in [2.75, 3.05) is 18.0 Å². The van der Waals surface area contributed by atoms with Gasteiger partial charge in [0.1, 0.15) is 6.04 Å². The van der Waals surface area contributed by atoms with Gasteiger partial charge in [-0.15, -0.1) is 12.4 Å². The van der Waals surface area contributed by atoms with Crippen molar-refractivity contribution in [2.45, 2.75) is 44.7 Å². The van der Waals surface area contributed by atoms with Gasteiger partial charge in [-0.1, -0.05) is 24.6 Å². The topological polar surface area (TPSA) is 60.9 Å². The Morgan fingerprint density at radius 3 is 2.74 bits per heavy atom. The smallest absolute Gasteiger partial charge is 0.320 e. The van der Waals surface area contributed by atoms with Crippen LogP contribution in [0.25, 0.3) is 0 Å². The molecule has 1 aromatic carbocycles. The van der Waals surface area contributed by atoms with E-state index in [1.807, 2.05) is 34.9 Å². The zero-order valence-electron chi connectivity index (χ0n) is 13.3. The van der Waals surface area contributed by atoms with Crippen molar-refractivity contribution in [3.05, 3.63) is 29.8 Å². The lowest BCUT2D eigenvalue weighted by atomic mass is 10.0. The molecule has 2 unspecified atom stereocenters. The van der Waals surface area contributed by atoms with E-state index < -0.39 is 12.0 Å².